The third-order valence-electron chi connectivity index (χ3n) is 4.85. The van der Waals surface area contributed by atoms with Crippen molar-refractivity contribution < 1.29 is 8.78 Å². The normalized spacial score (nSPS) is 14.8. The molecule has 1 aliphatic rings. The zero-order chi connectivity index (χ0) is 20.8. The van der Waals surface area contributed by atoms with Gasteiger partial charge < -0.3 is 10.6 Å². The zero-order valence-corrected chi connectivity index (χ0v) is 16.7. The number of rotatable bonds is 7. The summed E-state index contributed by atoms with van der Waals surface area (Å²) in [6, 6.07) is 2.02. The smallest absolute Gasteiger partial charge is 0.275 e. The van der Waals surface area contributed by atoms with E-state index in [4.69, 9.17) is 0 Å². The van der Waals surface area contributed by atoms with Crippen LogP contribution in [-0.2, 0) is 18.5 Å². The topological polar surface area (TPSA) is 98.4 Å². The molecule has 0 radical (unpaired) electrons. The number of aromatic nitrogens is 7. The van der Waals surface area contributed by atoms with Crippen LogP contribution < -0.4 is 10.6 Å². The Labute approximate surface area is 166 Å². The number of nitrogens with zero attached hydrogens (tertiary/aromatic N) is 7. The Bertz CT molecular complexity index is 1000. The lowest BCUT2D eigenvalue weighted by Gasteiger charge is -2.20. The van der Waals surface area contributed by atoms with Crippen LogP contribution >= 0.6 is 0 Å². The standard InChI is InChI=1S/C18H23F2N9/c1-17(2,29-22-7-8-23-29)13-9-14(28(4)27-13)25-16-21-10-12(18(3,19)20)15(26-16)24-11-5-6-11/h7-11H,5-6H2,1-4H3,(H2,21,24,25,26). The lowest BCUT2D eigenvalue weighted by molar-refractivity contribution is 0.0176. The molecule has 154 valence electrons. The van der Waals surface area contributed by atoms with Crippen molar-refractivity contribution in [2.45, 2.75) is 51.1 Å². The van der Waals surface area contributed by atoms with Crippen molar-refractivity contribution in [3.8, 4) is 0 Å². The molecule has 0 spiro atoms. The summed E-state index contributed by atoms with van der Waals surface area (Å²) in [5.41, 5.74) is -0.0622. The van der Waals surface area contributed by atoms with Crippen molar-refractivity contribution in [2.75, 3.05) is 10.6 Å². The maximum absolute atomic E-state index is 13.9. The Morgan fingerprint density at radius 2 is 1.83 bits per heavy atom. The van der Waals surface area contributed by atoms with Crippen LogP contribution in [0.25, 0.3) is 0 Å². The molecule has 11 heteroatoms. The van der Waals surface area contributed by atoms with E-state index in [0.29, 0.717) is 5.82 Å². The SMILES string of the molecule is Cn1nc(C(C)(C)n2nccn2)cc1Nc1ncc(C(C)(F)F)c(NC2CC2)n1. The Balaban J connectivity index is 1.62. The minimum atomic E-state index is -3.03. The first-order chi connectivity index (χ1) is 13.6. The predicted molar refractivity (Wildman–Crippen MR) is 103 cm³/mol. The van der Waals surface area contributed by atoms with E-state index < -0.39 is 11.5 Å². The van der Waals surface area contributed by atoms with E-state index in [1.165, 1.54) is 0 Å². The van der Waals surface area contributed by atoms with Gasteiger partial charge in [-0.15, -0.1) is 0 Å². The van der Waals surface area contributed by atoms with Crippen molar-refractivity contribution in [3.05, 3.63) is 35.9 Å². The molecule has 0 aromatic carbocycles. The monoisotopic (exact) mass is 403 g/mol. The molecule has 0 bridgehead atoms. The fraction of sp³-hybridized carbons (Fsp3) is 0.500. The van der Waals surface area contributed by atoms with Crippen molar-refractivity contribution >= 4 is 17.6 Å². The maximum atomic E-state index is 13.9. The molecule has 4 rings (SSSR count). The van der Waals surface area contributed by atoms with Crippen molar-refractivity contribution in [1.82, 2.24) is 34.7 Å². The second-order valence-electron chi connectivity index (χ2n) is 7.80. The summed E-state index contributed by atoms with van der Waals surface area (Å²) < 4.78 is 29.5. The van der Waals surface area contributed by atoms with Gasteiger partial charge in [-0.1, -0.05) is 0 Å². The van der Waals surface area contributed by atoms with E-state index in [0.717, 1.165) is 31.7 Å². The van der Waals surface area contributed by atoms with Gasteiger partial charge in [-0.3, -0.25) is 4.68 Å². The Morgan fingerprint density at radius 1 is 1.14 bits per heavy atom. The molecule has 0 aliphatic heterocycles. The van der Waals surface area contributed by atoms with Gasteiger partial charge in [0.15, 0.2) is 0 Å². The predicted octanol–water partition coefficient (Wildman–Crippen LogP) is 3.01. The number of halogens is 2. The van der Waals surface area contributed by atoms with Gasteiger partial charge in [0.2, 0.25) is 5.95 Å². The molecule has 29 heavy (non-hydrogen) atoms. The number of aryl methyl sites for hydroxylation is 1. The molecule has 3 aromatic rings. The molecule has 0 saturated heterocycles. The van der Waals surface area contributed by atoms with Gasteiger partial charge in [0.05, 0.1) is 23.7 Å². The van der Waals surface area contributed by atoms with Gasteiger partial charge in [0.25, 0.3) is 5.92 Å². The quantitative estimate of drug-likeness (QED) is 0.626. The fourth-order valence-electron chi connectivity index (χ4n) is 2.90. The molecule has 1 saturated carbocycles. The molecular weight excluding hydrogens is 380 g/mol. The minimum absolute atomic E-state index is 0.154. The van der Waals surface area contributed by atoms with Crippen LogP contribution in [0, 0.1) is 0 Å². The van der Waals surface area contributed by atoms with Crippen LogP contribution in [0.3, 0.4) is 0 Å². The van der Waals surface area contributed by atoms with Crippen molar-refractivity contribution in [3.63, 3.8) is 0 Å². The summed E-state index contributed by atoms with van der Waals surface area (Å²) in [6.45, 7) is 4.74. The van der Waals surface area contributed by atoms with Crippen LogP contribution in [0.1, 0.15) is 44.9 Å². The highest BCUT2D eigenvalue weighted by Crippen LogP contribution is 2.35. The van der Waals surface area contributed by atoms with E-state index >= 15 is 0 Å². The summed E-state index contributed by atoms with van der Waals surface area (Å²) in [6.07, 6.45) is 6.27. The highest BCUT2D eigenvalue weighted by molar-refractivity contribution is 5.55. The molecular formula is C18H23F2N9. The fourth-order valence-corrected chi connectivity index (χ4v) is 2.90. The number of hydrogen-bond acceptors (Lipinski definition) is 7. The number of alkyl halides is 2. The van der Waals surface area contributed by atoms with Gasteiger partial charge in [-0.2, -0.15) is 25.1 Å². The average Bonchev–Trinajstić information content (AvgIpc) is 3.13. The van der Waals surface area contributed by atoms with Crippen LogP contribution in [-0.4, -0.2) is 40.8 Å². The highest BCUT2D eigenvalue weighted by Gasteiger charge is 2.33. The summed E-state index contributed by atoms with van der Waals surface area (Å²) >= 11 is 0. The Hall–Kier alpha value is -3.11. The first kappa shape index (κ1) is 19.2. The molecule has 0 atom stereocenters. The first-order valence-electron chi connectivity index (χ1n) is 9.35. The summed E-state index contributed by atoms with van der Waals surface area (Å²) in [5, 5.41) is 19.1. The molecule has 0 unspecified atom stereocenters. The van der Waals surface area contributed by atoms with E-state index in [1.807, 2.05) is 19.9 Å². The lowest BCUT2D eigenvalue weighted by Crippen LogP contribution is -2.30. The molecule has 3 heterocycles. The van der Waals surface area contributed by atoms with Crippen LogP contribution in [0.5, 0.6) is 0 Å². The molecule has 2 N–H and O–H groups in total. The number of nitrogens with one attached hydrogen (secondary N) is 2. The van der Waals surface area contributed by atoms with Gasteiger partial charge in [0, 0.05) is 32.3 Å². The Morgan fingerprint density at radius 3 is 2.45 bits per heavy atom. The van der Waals surface area contributed by atoms with Crippen molar-refractivity contribution in [1.29, 1.82) is 0 Å². The molecule has 3 aromatic heterocycles. The van der Waals surface area contributed by atoms with E-state index in [-0.39, 0.29) is 23.4 Å². The lowest BCUT2D eigenvalue weighted by atomic mass is 10.0. The van der Waals surface area contributed by atoms with Gasteiger partial charge in [-0.25, -0.2) is 13.8 Å². The second-order valence-corrected chi connectivity index (χ2v) is 7.80. The minimum Gasteiger partial charge on any atom is -0.367 e. The molecule has 1 fully saturated rings. The van der Waals surface area contributed by atoms with E-state index in [1.54, 1.807) is 28.9 Å². The summed E-state index contributed by atoms with van der Waals surface area (Å²) in [7, 11) is 1.77. The highest BCUT2D eigenvalue weighted by atomic mass is 19.3. The second kappa shape index (κ2) is 6.75. The van der Waals surface area contributed by atoms with Crippen LogP contribution in [0.2, 0.25) is 0 Å². The molecule has 1 aliphatic carbocycles. The Kier molecular flexibility index (Phi) is 4.47. The van der Waals surface area contributed by atoms with Crippen LogP contribution in [0.15, 0.2) is 24.7 Å². The number of hydrogen-bond donors (Lipinski definition) is 2. The van der Waals surface area contributed by atoms with Gasteiger partial charge >= 0.3 is 0 Å². The first-order valence-corrected chi connectivity index (χ1v) is 9.35. The van der Waals surface area contributed by atoms with Crippen molar-refractivity contribution in [2.24, 2.45) is 7.05 Å². The molecule has 9 nitrogen and oxygen atoms in total. The average molecular weight is 403 g/mol. The largest absolute Gasteiger partial charge is 0.367 e. The van der Waals surface area contributed by atoms with Gasteiger partial charge in [-0.05, 0) is 26.7 Å². The van der Waals surface area contributed by atoms with E-state index in [2.05, 4.69) is 35.9 Å². The zero-order valence-electron chi connectivity index (χ0n) is 16.7. The van der Waals surface area contributed by atoms with Crippen LogP contribution in [0.4, 0.5) is 26.4 Å². The maximum Gasteiger partial charge on any atom is 0.275 e. The summed E-state index contributed by atoms with van der Waals surface area (Å²) in [4.78, 5) is 9.95. The third kappa shape index (κ3) is 3.89. The summed E-state index contributed by atoms with van der Waals surface area (Å²) in [5.74, 6) is -2.05. The molecule has 0 amide bonds. The van der Waals surface area contributed by atoms with Gasteiger partial charge in [0.1, 0.15) is 17.2 Å². The van der Waals surface area contributed by atoms with E-state index in [9.17, 15) is 8.78 Å². The number of anilines is 3. The third-order valence-corrected chi connectivity index (χ3v) is 4.85.